The van der Waals surface area contributed by atoms with E-state index in [0.29, 0.717) is 55.8 Å². The van der Waals surface area contributed by atoms with E-state index in [4.69, 9.17) is 29.3 Å². The number of esters is 1. The quantitative estimate of drug-likeness (QED) is 0.0448. The number of aryl methyl sites for hydroxylation is 1. The van der Waals surface area contributed by atoms with E-state index >= 15 is 0 Å². The van der Waals surface area contributed by atoms with Crippen LogP contribution < -0.4 is 14.4 Å². The number of hydrogen-bond donors (Lipinski definition) is 0. The molecule has 0 spiro atoms. The number of aromatic nitrogens is 4. The Labute approximate surface area is 337 Å². The van der Waals surface area contributed by atoms with Crippen molar-refractivity contribution in [2.45, 2.75) is 71.9 Å². The monoisotopic (exact) mass is 815 g/mol. The Morgan fingerprint density at radius 2 is 1.93 bits per heavy atom. The Hall–Kier alpha value is -4.46. The predicted molar refractivity (Wildman–Crippen MR) is 225 cm³/mol. The summed E-state index contributed by atoms with van der Waals surface area (Å²) in [6.07, 6.45) is 2.74. The lowest BCUT2D eigenvalue weighted by Crippen LogP contribution is -2.27. The second-order valence-electron chi connectivity index (χ2n) is 15.1. The Kier molecular flexibility index (Phi) is 13.7. The number of carbonyl (C=O) groups is 1. The van der Waals surface area contributed by atoms with Gasteiger partial charge >= 0.3 is 5.97 Å². The van der Waals surface area contributed by atoms with Gasteiger partial charge in [-0.3, -0.25) is 9.47 Å². The summed E-state index contributed by atoms with van der Waals surface area (Å²) in [5.74, 6) is 6.50. The molecule has 1 aliphatic heterocycles. The Balaban J connectivity index is 1.21. The standard InChI is InChI=1S/C41H50FN7O4S2Si/c1-8-52-39(50)36-35(18-13-23-53-33-20-19-29(26-31(33)42)14-11-21-47(3)4)55-40(43-36)48-22-12-15-30-28(2)37(45-46-38(30)48)44-41-49(27-51-24-25-56(5,6)7)32-16-9-10-17-34(32)54-41/h9-10,16-17,19-20,26H,8,12-13,15,18,21-25,27H2,1-7H3. The maximum absolute atomic E-state index is 14.8. The summed E-state index contributed by atoms with van der Waals surface area (Å²) < 4.78 is 35.4. The molecule has 0 unspecified atom stereocenters. The molecule has 0 atom stereocenters. The highest BCUT2D eigenvalue weighted by Gasteiger charge is 2.29. The molecule has 15 heteroatoms. The fourth-order valence-corrected chi connectivity index (χ4v) is 9.00. The summed E-state index contributed by atoms with van der Waals surface area (Å²) in [6.45, 7) is 13.8. The second kappa shape index (κ2) is 18.7. The highest BCUT2D eigenvalue weighted by molar-refractivity contribution is 7.16. The number of ether oxygens (including phenoxy) is 3. The van der Waals surface area contributed by atoms with Crippen LogP contribution in [0.2, 0.25) is 25.7 Å². The van der Waals surface area contributed by atoms with Gasteiger partial charge in [-0.1, -0.05) is 55.0 Å². The maximum atomic E-state index is 14.8. The van der Waals surface area contributed by atoms with Gasteiger partial charge in [0.1, 0.15) is 6.73 Å². The highest BCUT2D eigenvalue weighted by Crippen LogP contribution is 2.39. The van der Waals surface area contributed by atoms with Crippen molar-refractivity contribution in [1.82, 2.24) is 24.6 Å². The first kappa shape index (κ1) is 41.2. The van der Waals surface area contributed by atoms with Crippen molar-refractivity contribution in [1.29, 1.82) is 0 Å². The van der Waals surface area contributed by atoms with E-state index in [1.807, 2.05) is 43.0 Å². The van der Waals surface area contributed by atoms with Crippen molar-refractivity contribution in [3.63, 3.8) is 0 Å². The minimum Gasteiger partial charge on any atom is -0.491 e. The number of thiazole rings is 2. The van der Waals surface area contributed by atoms with Gasteiger partial charge in [0, 0.05) is 42.8 Å². The topological polar surface area (TPSA) is 107 Å². The molecule has 6 rings (SSSR count). The number of benzene rings is 2. The van der Waals surface area contributed by atoms with Gasteiger partial charge in [-0.2, -0.15) is 4.99 Å². The number of anilines is 2. The van der Waals surface area contributed by atoms with Crippen LogP contribution in [0, 0.1) is 24.6 Å². The summed E-state index contributed by atoms with van der Waals surface area (Å²) >= 11 is 3.04. The van der Waals surface area contributed by atoms with Crippen LogP contribution in [0.4, 0.5) is 21.2 Å². The molecular weight excluding hydrogens is 766 g/mol. The zero-order valence-electron chi connectivity index (χ0n) is 33.3. The SMILES string of the molecule is CCOC(=O)c1nc(N2CCCc3c2nnc(N=c2sc4ccccc4n2COCC[Si](C)(C)C)c3C)sc1CCCOc1ccc(C#CCN(C)C)cc1F. The lowest BCUT2D eigenvalue weighted by atomic mass is 10.0. The Morgan fingerprint density at radius 1 is 1.11 bits per heavy atom. The van der Waals surface area contributed by atoms with Crippen LogP contribution in [0.15, 0.2) is 47.5 Å². The molecule has 0 N–H and O–H groups in total. The van der Waals surface area contributed by atoms with E-state index in [2.05, 4.69) is 53.3 Å². The number of para-hydroxylation sites is 1. The molecule has 2 aromatic carbocycles. The number of hydrogen-bond acceptors (Lipinski definition) is 12. The molecule has 5 aromatic rings. The van der Waals surface area contributed by atoms with Crippen molar-refractivity contribution in [3.8, 4) is 17.6 Å². The van der Waals surface area contributed by atoms with E-state index in [-0.39, 0.29) is 24.7 Å². The first-order valence-corrected chi connectivity index (χ1v) is 24.3. The number of nitrogens with zero attached hydrogens (tertiary/aromatic N) is 7. The Bertz CT molecular complexity index is 2300. The molecule has 296 valence electrons. The predicted octanol–water partition coefficient (Wildman–Crippen LogP) is 8.13. The van der Waals surface area contributed by atoms with Crippen molar-refractivity contribution in [3.05, 3.63) is 80.3 Å². The Morgan fingerprint density at radius 3 is 2.70 bits per heavy atom. The van der Waals surface area contributed by atoms with E-state index in [1.165, 1.54) is 17.4 Å². The second-order valence-corrected chi connectivity index (χ2v) is 22.8. The van der Waals surface area contributed by atoms with Crippen LogP contribution in [0.5, 0.6) is 5.75 Å². The average molecular weight is 816 g/mol. The van der Waals surface area contributed by atoms with Gasteiger partial charge in [0.05, 0.1) is 30.0 Å². The molecule has 0 fully saturated rings. The lowest BCUT2D eigenvalue weighted by molar-refractivity contribution is 0.0519. The summed E-state index contributed by atoms with van der Waals surface area (Å²) in [5.41, 5.74) is 3.97. The summed E-state index contributed by atoms with van der Waals surface area (Å²) in [5, 5.41) is 10.0. The summed E-state index contributed by atoms with van der Waals surface area (Å²) in [7, 11) is 2.64. The normalized spacial score (nSPS) is 13.2. The minimum atomic E-state index is -1.22. The number of rotatable bonds is 15. The smallest absolute Gasteiger partial charge is 0.358 e. The zero-order chi connectivity index (χ0) is 39.8. The molecule has 0 amide bonds. The first-order valence-electron chi connectivity index (χ1n) is 19.0. The first-order chi connectivity index (χ1) is 26.9. The molecule has 0 radical (unpaired) electrons. The molecule has 0 aliphatic carbocycles. The van der Waals surface area contributed by atoms with Crippen molar-refractivity contribution >= 4 is 63.7 Å². The van der Waals surface area contributed by atoms with Crippen molar-refractivity contribution in [2.24, 2.45) is 4.99 Å². The van der Waals surface area contributed by atoms with Crippen LogP contribution in [-0.2, 0) is 29.0 Å². The van der Waals surface area contributed by atoms with E-state index in [0.717, 1.165) is 55.7 Å². The molecule has 3 aromatic heterocycles. The molecule has 0 bridgehead atoms. The van der Waals surface area contributed by atoms with E-state index in [9.17, 15) is 9.18 Å². The van der Waals surface area contributed by atoms with Gasteiger partial charge in [0.15, 0.2) is 38.8 Å². The lowest BCUT2D eigenvalue weighted by Gasteiger charge is -2.28. The summed E-state index contributed by atoms with van der Waals surface area (Å²) in [4.78, 5) is 28.5. The molecule has 0 saturated carbocycles. The molecular formula is C41H50FN7O4S2Si. The molecule has 1 aliphatic rings. The zero-order valence-corrected chi connectivity index (χ0v) is 35.9. The van der Waals surface area contributed by atoms with Gasteiger partial charge in [-0.25, -0.2) is 14.2 Å². The average Bonchev–Trinajstić information content (AvgIpc) is 3.74. The van der Waals surface area contributed by atoms with Crippen molar-refractivity contribution < 1.29 is 23.4 Å². The maximum Gasteiger partial charge on any atom is 0.358 e. The third kappa shape index (κ3) is 10.3. The van der Waals surface area contributed by atoms with Crippen molar-refractivity contribution in [2.75, 3.05) is 51.9 Å². The van der Waals surface area contributed by atoms with Crippen LogP contribution in [0.3, 0.4) is 0 Å². The minimum absolute atomic E-state index is 0.164. The van der Waals surface area contributed by atoms with Gasteiger partial charge in [-0.05, 0) is 90.0 Å². The van der Waals surface area contributed by atoms with Gasteiger partial charge in [-0.15, -0.1) is 21.5 Å². The highest BCUT2D eigenvalue weighted by atomic mass is 32.1. The molecule has 0 saturated heterocycles. The van der Waals surface area contributed by atoms with Crippen LogP contribution in [-0.4, -0.2) is 85.7 Å². The third-order valence-electron chi connectivity index (χ3n) is 9.12. The van der Waals surface area contributed by atoms with Gasteiger partial charge < -0.3 is 19.1 Å². The van der Waals surface area contributed by atoms with Crippen LogP contribution >= 0.6 is 22.7 Å². The van der Waals surface area contributed by atoms with Crippen LogP contribution in [0.25, 0.3) is 10.2 Å². The molecule has 11 nitrogen and oxygen atoms in total. The number of carbonyl (C=O) groups excluding carboxylic acids is 1. The van der Waals surface area contributed by atoms with Gasteiger partial charge in [0.2, 0.25) is 0 Å². The van der Waals surface area contributed by atoms with Crippen LogP contribution in [0.1, 0.15) is 51.8 Å². The summed E-state index contributed by atoms with van der Waals surface area (Å²) in [6, 6.07) is 14.1. The fraction of sp³-hybridized carbons (Fsp3) is 0.439. The number of halogens is 1. The fourth-order valence-electron chi connectivity index (χ4n) is 6.11. The number of fused-ring (bicyclic) bond motifs is 2. The third-order valence-corrected chi connectivity index (χ3v) is 13.0. The largest absolute Gasteiger partial charge is 0.491 e. The molecule has 4 heterocycles. The van der Waals surface area contributed by atoms with E-state index < -0.39 is 19.9 Å². The van der Waals surface area contributed by atoms with Gasteiger partial charge in [0.25, 0.3) is 0 Å². The van der Waals surface area contributed by atoms with E-state index in [1.54, 1.807) is 30.4 Å². The molecule has 56 heavy (non-hydrogen) atoms.